The Bertz CT molecular complexity index is 1280. The number of piperidine rings is 1. The molecule has 1 saturated carbocycles. The lowest BCUT2D eigenvalue weighted by Gasteiger charge is -2.36. The van der Waals surface area contributed by atoms with Gasteiger partial charge in [-0.15, -0.1) is 12.4 Å². The predicted octanol–water partition coefficient (Wildman–Crippen LogP) is 4.58. The highest BCUT2D eigenvalue weighted by molar-refractivity contribution is 5.95. The van der Waals surface area contributed by atoms with Crippen LogP contribution in [-0.2, 0) is 11.3 Å². The van der Waals surface area contributed by atoms with Crippen LogP contribution in [0.25, 0.3) is 10.8 Å². The Morgan fingerprint density at radius 2 is 1.67 bits per heavy atom. The molecular weight excluding hydrogens is 491 g/mol. The smallest absolute Gasteiger partial charge is 0.254 e. The fourth-order valence-electron chi connectivity index (χ4n) is 4.83. The third-order valence-corrected chi connectivity index (χ3v) is 6.86. The Kier molecular flexibility index (Phi) is 7.85. The van der Waals surface area contributed by atoms with E-state index < -0.39 is 40.9 Å². The van der Waals surface area contributed by atoms with Crippen molar-refractivity contribution in [3.8, 4) is 0 Å². The molecule has 2 fully saturated rings. The van der Waals surface area contributed by atoms with Gasteiger partial charge in [0.05, 0.1) is 11.5 Å². The van der Waals surface area contributed by atoms with Crippen LogP contribution < -0.4 is 10.6 Å². The van der Waals surface area contributed by atoms with Crippen LogP contribution in [0.4, 0.5) is 13.2 Å². The van der Waals surface area contributed by atoms with Crippen LogP contribution in [0.3, 0.4) is 0 Å². The highest BCUT2D eigenvalue weighted by Crippen LogP contribution is 2.32. The average molecular weight is 518 g/mol. The molecule has 2 unspecified atom stereocenters. The monoisotopic (exact) mass is 517 g/mol. The quantitative estimate of drug-likeness (QED) is 0.471. The molecule has 2 N–H and O–H groups in total. The van der Waals surface area contributed by atoms with Gasteiger partial charge in [0.25, 0.3) is 5.91 Å². The molecule has 1 heterocycles. The van der Waals surface area contributed by atoms with Crippen molar-refractivity contribution in [1.82, 2.24) is 15.5 Å². The number of amides is 2. The molecule has 0 spiro atoms. The SMILES string of the molecule is Cl.O=C(NC1CCNCC1C(=O)N(Cc1cccc2ccccc12)C1CC1)c1cc(F)c(F)cc1F. The minimum absolute atomic E-state index is 0. The molecule has 2 amide bonds. The molecule has 5 nitrogen and oxygen atoms in total. The summed E-state index contributed by atoms with van der Waals surface area (Å²) in [5.74, 6) is -5.31. The maximum absolute atomic E-state index is 14.1. The molecule has 2 aliphatic rings. The van der Waals surface area contributed by atoms with E-state index in [4.69, 9.17) is 0 Å². The highest BCUT2D eigenvalue weighted by Gasteiger charge is 2.40. The summed E-state index contributed by atoms with van der Waals surface area (Å²) in [6.07, 6.45) is 2.31. The van der Waals surface area contributed by atoms with Gasteiger partial charge < -0.3 is 15.5 Å². The molecule has 1 saturated heterocycles. The van der Waals surface area contributed by atoms with E-state index >= 15 is 0 Å². The lowest BCUT2D eigenvalue weighted by Crippen LogP contribution is -2.55. The van der Waals surface area contributed by atoms with Gasteiger partial charge in [-0.3, -0.25) is 9.59 Å². The van der Waals surface area contributed by atoms with Crippen LogP contribution >= 0.6 is 12.4 Å². The zero-order valence-corrected chi connectivity index (χ0v) is 20.3. The van der Waals surface area contributed by atoms with E-state index in [2.05, 4.69) is 10.6 Å². The number of carbonyl (C=O) groups excluding carboxylic acids is 2. The summed E-state index contributed by atoms with van der Waals surface area (Å²) >= 11 is 0. The van der Waals surface area contributed by atoms with Gasteiger partial charge in [-0.05, 0) is 48.2 Å². The Balaban J connectivity index is 0.00000304. The standard InChI is InChI=1S/C27H26F3N3O2.ClH/c28-22-13-24(30)23(29)12-20(22)26(34)32-25-10-11-31-14-21(25)27(35)33(18-8-9-18)15-17-6-3-5-16-4-1-2-7-19(16)17;/h1-7,12-13,18,21,25,31H,8-11,14-15H2,(H,32,34);1H. The van der Waals surface area contributed by atoms with Crippen LogP contribution in [0.15, 0.2) is 54.6 Å². The summed E-state index contributed by atoms with van der Waals surface area (Å²) in [5, 5.41) is 8.11. The van der Waals surface area contributed by atoms with E-state index in [9.17, 15) is 22.8 Å². The summed E-state index contributed by atoms with van der Waals surface area (Å²) in [5.41, 5.74) is 0.472. The first kappa shape index (κ1) is 26.0. The third-order valence-electron chi connectivity index (χ3n) is 6.86. The Hall–Kier alpha value is -3.10. The minimum Gasteiger partial charge on any atom is -0.348 e. The molecule has 3 aromatic carbocycles. The second-order valence-corrected chi connectivity index (χ2v) is 9.26. The first-order valence-corrected chi connectivity index (χ1v) is 11.9. The molecule has 9 heteroatoms. The Morgan fingerprint density at radius 1 is 0.944 bits per heavy atom. The van der Waals surface area contributed by atoms with Gasteiger partial charge in [0.2, 0.25) is 5.91 Å². The predicted molar refractivity (Wildman–Crippen MR) is 133 cm³/mol. The van der Waals surface area contributed by atoms with Crippen LogP contribution in [0.1, 0.15) is 35.2 Å². The van der Waals surface area contributed by atoms with E-state index in [0.29, 0.717) is 38.2 Å². The number of nitrogens with one attached hydrogen (secondary N) is 2. The van der Waals surface area contributed by atoms with Crippen molar-refractivity contribution < 1.29 is 22.8 Å². The molecule has 1 aliphatic heterocycles. The van der Waals surface area contributed by atoms with E-state index in [0.717, 1.165) is 29.2 Å². The summed E-state index contributed by atoms with van der Waals surface area (Å²) in [7, 11) is 0. The molecule has 36 heavy (non-hydrogen) atoms. The number of carbonyl (C=O) groups is 2. The van der Waals surface area contributed by atoms with Gasteiger partial charge in [-0.1, -0.05) is 42.5 Å². The van der Waals surface area contributed by atoms with E-state index in [-0.39, 0.29) is 24.4 Å². The second kappa shape index (κ2) is 10.9. The topological polar surface area (TPSA) is 61.4 Å². The number of rotatable bonds is 6. The Morgan fingerprint density at radius 3 is 2.44 bits per heavy atom. The Labute approximate surface area is 213 Å². The van der Waals surface area contributed by atoms with Crippen LogP contribution in [-0.4, -0.2) is 41.9 Å². The van der Waals surface area contributed by atoms with Gasteiger partial charge in [0.1, 0.15) is 5.82 Å². The van der Waals surface area contributed by atoms with E-state index in [1.807, 2.05) is 47.4 Å². The number of halogens is 4. The average Bonchev–Trinajstić information content (AvgIpc) is 3.70. The van der Waals surface area contributed by atoms with Crippen molar-refractivity contribution >= 4 is 35.0 Å². The number of fused-ring (bicyclic) bond motifs is 1. The lowest BCUT2D eigenvalue weighted by atomic mass is 9.91. The number of nitrogens with zero attached hydrogens (tertiary/aromatic N) is 1. The molecule has 2 atom stereocenters. The lowest BCUT2D eigenvalue weighted by molar-refractivity contribution is -0.138. The molecule has 5 rings (SSSR count). The third kappa shape index (κ3) is 5.34. The van der Waals surface area contributed by atoms with Crippen molar-refractivity contribution in [1.29, 1.82) is 0 Å². The maximum Gasteiger partial charge on any atom is 0.254 e. The first-order chi connectivity index (χ1) is 16.9. The molecule has 3 aromatic rings. The molecule has 0 aromatic heterocycles. The second-order valence-electron chi connectivity index (χ2n) is 9.26. The van der Waals surface area contributed by atoms with Crippen molar-refractivity contribution in [3.05, 3.63) is 83.2 Å². The van der Waals surface area contributed by atoms with Crippen molar-refractivity contribution in [2.24, 2.45) is 5.92 Å². The zero-order valence-electron chi connectivity index (χ0n) is 19.5. The number of hydrogen-bond acceptors (Lipinski definition) is 3. The van der Waals surface area contributed by atoms with Gasteiger partial charge in [-0.2, -0.15) is 0 Å². The first-order valence-electron chi connectivity index (χ1n) is 11.9. The maximum atomic E-state index is 14.1. The van der Waals surface area contributed by atoms with Gasteiger partial charge in [0, 0.05) is 31.2 Å². The summed E-state index contributed by atoms with van der Waals surface area (Å²) in [6, 6.07) is 14.6. The van der Waals surface area contributed by atoms with Gasteiger partial charge >= 0.3 is 0 Å². The van der Waals surface area contributed by atoms with Crippen LogP contribution in [0, 0.1) is 23.4 Å². The van der Waals surface area contributed by atoms with E-state index in [1.54, 1.807) is 0 Å². The molecule has 0 radical (unpaired) electrons. The minimum atomic E-state index is -1.36. The van der Waals surface area contributed by atoms with Gasteiger partial charge in [-0.25, -0.2) is 13.2 Å². The van der Waals surface area contributed by atoms with Crippen LogP contribution in [0.2, 0.25) is 0 Å². The van der Waals surface area contributed by atoms with Crippen molar-refractivity contribution in [2.45, 2.75) is 37.9 Å². The normalized spacial score (nSPS) is 19.4. The molecule has 0 bridgehead atoms. The summed E-state index contributed by atoms with van der Waals surface area (Å²) < 4.78 is 41.1. The van der Waals surface area contributed by atoms with Gasteiger partial charge in [0.15, 0.2) is 11.6 Å². The van der Waals surface area contributed by atoms with Crippen LogP contribution in [0.5, 0.6) is 0 Å². The number of hydrogen-bond donors (Lipinski definition) is 2. The molecular formula is C27H27ClF3N3O2. The summed E-state index contributed by atoms with van der Waals surface area (Å²) in [6.45, 7) is 1.39. The summed E-state index contributed by atoms with van der Waals surface area (Å²) in [4.78, 5) is 28.4. The molecule has 190 valence electrons. The van der Waals surface area contributed by atoms with Crippen molar-refractivity contribution in [2.75, 3.05) is 13.1 Å². The largest absolute Gasteiger partial charge is 0.348 e. The zero-order chi connectivity index (χ0) is 24.5. The fraction of sp³-hybridized carbons (Fsp3) is 0.333. The highest BCUT2D eigenvalue weighted by atomic mass is 35.5. The van der Waals surface area contributed by atoms with E-state index in [1.165, 1.54) is 0 Å². The number of benzene rings is 3. The molecule has 1 aliphatic carbocycles. The van der Waals surface area contributed by atoms with Crippen molar-refractivity contribution in [3.63, 3.8) is 0 Å². The fourth-order valence-corrected chi connectivity index (χ4v) is 4.83.